The number of carbonyl (C=O) groups is 1. The van der Waals surface area contributed by atoms with Crippen molar-refractivity contribution in [2.45, 2.75) is 44.6 Å². The van der Waals surface area contributed by atoms with E-state index in [1.54, 1.807) is 0 Å². The minimum absolute atomic E-state index is 0.0737. The van der Waals surface area contributed by atoms with Crippen LogP contribution in [0.1, 0.15) is 54.7 Å². The van der Waals surface area contributed by atoms with Crippen LogP contribution in [0.5, 0.6) is 0 Å². The summed E-state index contributed by atoms with van der Waals surface area (Å²) in [5.74, 6) is 2.31. The molecule has 1 aromatic carbocycles. The smallest absolute Gasteiger partial charge is 0.253 e. The highest BCUT2D eigenvalue weighted by Crippen LogP contribution is 2.38. The van der Waals surface area contributed by atoms with Crippen LogP contribution < -0.4 is 0 Å². The summed E-state index contributed by atoms with van der Waals surface area (Å²) in [5.41, 5.74) is 1.64. The average molecular weight is 340 g/mol. The molecule has 1 N–H and O–H groups in total. The third kappa shape index (κ3) is 3.58. The van der Waals surface area contributed by atoms with Gasteiger partial charge in [0.2, 0.25) is 0 Å². The summed E-state index contributed by atoms with van der Waals surface area (Å²) in [4.78, 5) is 19.2. The zero-order valence-corrected chi connectivity index (χ0v) is 14.6. The van der Waals surface area contributed by atoms with E-state index in [4.69, 9.17) is 4.74 Å². The van der Waals surface area contributed by atoms with Gasteiger partial charge in [-0.2, -0.15) is 5.10 Å². The molecule has 1 amide bonds. The van der Waals surface area contributed by atoms with E-state index in [1.807, 2.05) is 36.1 Å². The summed E-state index contributed by atoms with van der Waals surface area (Å²) in [7, 11) is 0. The average Bonchev–Trinajstić information content (AvgIpc) is 3.39. The number of hydrogen-bond acceptors (Lipinski definition) is 4. The van der Waals surface area contributed by atoms with E-state index in [9.17, 15) is 4.79 Å². The van der Waals surface area contributed by atoms with Gasteiger partial charge in [0.15, 0.2) is 5.82 Å². The molecule has 2 fully saturated rings. The molecule has 1 aliphatic carbocycles. The molecule has 4 rings (SSSR count). The van der Waals surface area contributed by atoms with Crippen LogP contribution in [0.25, 0.3) is 11.4 Å². The fraction of sp³-hybridized carbons (Fsp3) is 0.526. The van der Waals surface area contributed by atoms with Crippen molar-refractivity contribution in [3.05, 3.63) is 35.7 Å². The largest absolute Gasteiger partial charge is 0.377 e. The SMILES string of the molecule is CCOC1CCCN(C(=O)c2ccc(-c3n[nH]c(C4CC4)n3)cc2)C1. The zero-order chi connectivity index (χ0) is 17.2. The Balaban J connectivity index is 1.44. The number of benzene rings is 1. The molecule has 0 spiro atoms. The van der Waals surface area contributed by atoms with Gasteiger partial charge < -0.3 is 9.64 Å². The van der Waals surface area contributed by atoms with E-state index < -0.39 is 0 Å². The van der Waals surface area contributed by atoms with Crippen LogP contribution in [0.15, 0.2) is 24.3 Å². The second kappa shape index (κ2) is 6.96. The number of amides is 1. The first-order valence-electron chi connectivity index (χ1n) is 9.18. The number of nitrogens with zero attached hydrogens (tertiary/aromatic N) is 3. The molecular formula is C19H24N4O2. The number of ether oxygens (including phenoxy) is 1. The van der Waals surface area contributed by atoms with Gasteiger partial charge in [-0.3, -0.25) is 9.89 Å². The van der Waals surface area contributed by atoms with Crippen LogP contribution in [0, 0.1) is 0 Å². The van der Waals surface area contributed by atoms with Gasteiger partial charge >= 0.3 is 0 Å². The van der Waals surface area contributed by atoms with Crippen LogP contribution in [0.4, 0.5) is 0 Å². The van der Waals surface area contributed by atoms with Crippen LogP contribution in [0.2, 0.25) is 0 Å². The maximum Gasteiger partial charge on any atom is 0.253 e. The minimum atomic E-state index is 0.0737. The standard InChI is InChI=1S/C19H24N4O2/c1-2-25-16-4-3-11-23(12-16)19(24)15-9-7-14(8-10-15)18-20-17(21-22-18)13-5-6-13/h7-10,13,16H,2-6,11-12H2,1H3,(H,20,21,22). The first-order valence-corrected chi connectivity index (χ1v) is 9.18. The molecular weight excluding hydrogens is 316 g/mol. The van der Waals surface area contributed by atoms with Gasteiger partial charge in [-0.15, -0.1) is 0 Å². The van der Waals surface area contributed by atoms with Gasteiger partial charge in [-0.05, 0) is 44.7 Å². The van der Waals surface area contributed by atoms with Gasteiger partial charge in [0, 0.05) is 36.7 Å². The summed E-state index contributed by atoms with van der Waals surface area (Å²) < 4.78 is 5.69. The lowest BCUT2D eigenvalue weighted by Crippen LogP contribution is -2.43. The van der Waals surface area contributed by atoms with Gasteiger partial charge in [0.1, 0.15) is 5.82 Å². The Morgan fingerprint density at radius 1 is 1.28 bits per heavy atom. The molecule has 132 valence electrons. The van der Waals surface area contributed by atoms with Gasteiger partial charge in [0.25, 0.3) is 5.91 Å². The molecule has 0 bridgehead atoms. The third-order valence-corrected chi connectivity index (χ3v) is 4.92. The lowest BCUT2D eigenvalue weighted by atomic mass is 10.1. The molecule has 1 saturated heterocycles. The van der Waals surface area contributed by atoms with Gasteiger partial charge in [-0.25, -0.2) is 4.98 Å². The predicted octanol–water partition coefficient (Wildman–Crippen LogP) is 2.99. The Bertz CT molecular complexity index is 734. The molecule has 2 aliphatic rings. The number of nitrogens with one attached hydrogen (secondary N) is 1. The first-order chi connectivity index (χ1) is 12.2. The monoisotopic (exact) mass is 340 g/mol. The van der Waals surface area contributed by atoms with Crippen molar-refractivity contribution >= 4 is 5.91 Å². The predicted molar refractivity (Wildman–Crippen MR) is 94.3 cm³/mol. The molecule has 1 aromatic heterocycles. The highest BCUT2D eigenvalue weighted by Gasteiger charge is 2.27. The van der Waals surface area contributed by atoms with Crippen molar-refractivity contribution < 1.29 is 9.53 Å². The zero-order valence-electron chi connectivity index (χ0n) is 14.6. The lowest BCUT2D eigenvalue weighted by molar-refractivity contribution is 0.00724. The molecule has 0 radical (unpaired) electrons. The molecule has 1 atom stereocenters. The van der Waals surface area contributed by atoms with Crippen LogP contribution in [-0.4, -0.2) is 51.8 Å². The number of rotatable bonds is 5. The fourth-order valence-electron chi connectivity index (χ4n) is 3.38. The maximum atomic E-state index is 12.7. The Labute approximate surface area is 147 Å². The Hall–Kier alpha value is -2.21. The van der Waals surface area contributed by atoms with E-state index in [-0.39, 0.29) is 12.0 Å². The Kier molecular flexibility index (Phi) is 4.53. The van der Waals surface area contributed by atoms with Crippen molar-refractivity contribution in [3.63, 3.8) is 0 Å². The maximum absolute atomic E-state index is 12.7. The number of likely N-dealkylation sites (tertiary alicyclic amines) is 1. The van der Waals surface area contributed by atoms with E-state index in [0.717, 1.165) is 30.8 Å². The quantitative estimate of drug-likeness (QED) is 0.908. The minimum Gasteiger partial charge on any atom is -0.377 e. The van der Waals surface area contributed by atoms with Crippen molar-refractivity contribution in [2.24, 2.45) is 0 Å². The first kappa shape index (κ1) is 16.3. The number of piperidine rings is 1. The van der Waals surface area contributed by atoms with Crippen molar-refractivity contribution in [2.75, 3.05) is 19.7 Å². The molecule has 6 nitrogen and oxygen atoms in total. The molecule has 25 heavy (non-hydrogen) atoms. The molecule has 1 unspecified atom stereocenters. The number of H-pyrrole nitrogens is 1. The highest BCUT2D eigenvalue weighted by molar-refractivity contribution is 5.94. The third-order valence-electron chi connectivity index (χ3n) is 4.92. The summed E-state index contributed by atoms with van der Waals surface area (Å²) in [5, 5.41) is 7.32. The highest BCUT2D eigenvalue weighted by atomic mass is 16.5. The van der Waals surface area contributed by atoms with E-state index >= 15 is 0 Å². The number of aromatic amines is 1. The molecule has 1 aliphatic heterocycles. The van der Waals surface area contributed by atoms with Gasteiger partial charge in [0.05, 0.1) is 6.10 Å². The molecule has 2 aromatic rings. The Morgan fingerprint density at radius 2 is 2.08 bits per heavy atom. The van der Waals surface area contributed by atoms with Crippen molar-refractivity contribution in [1.82, 2.24) is 20.1 Å². The number of aromatic nitrogens is 3. The summed E-state index contributed by atoms with van der Waals surface area (Å²) in [6.07, 6.45) is 4.58. The number of hydrogen-bond donors (Lipinski definition) is 1. The fourth-order valence-corrected chi connectivity index (χ4v) is 3.38. The topological polar surface area (TPSA) is 71.1 Å². The van der Waals surface area contributed by atoms with E-state index in [0.29, 0.717) is 30.5 Å². The second-order valence-corrected chi connectivity index (χ2v) is 6.87. The summed E-state index contributed by atoms with van der Waals surface area (Å²) in [6, 6.07) is 7.60. The lowest BCUT2D eigenvalue weighted by Gasteiger charge is -2.32. The molecule has 2 heterocycles. The molecule has 1 saturated carbocycles. The normalized spacial score (nSPS) is 20.7. The summed E-state index contributed by atoms with van der Waals surface area (Å²) >= 11 is 0. The van der Waals surface area contributed by atoms with Crippen molar-refractivity contribution in [1.29, 1.82) is 0 Å². The number of carbonyl (C=O) groups excluding carboxylic acids is 1. The van der Waals surface area contributed by atoms with E-state index in [1.165, 1.54) is 12.8 Å². The van der Waals surface area contributed by atoms with Crippen molar-refractivity contribution in [3.8, 4) is 11.4 Å². The van der Waals surface area contributed by atoms with Crippen LogP contribution in [0.3, 0.4) is 0 Å². The van der Waals surface area contributed by atoms with Crippen LogP contribution in [-0.2, 0) is 4.74 Å². The molecule has 6 heteroatoms. The summed E-state index contributed by atoms with van der Waals surface area (Å²) in [6.45, 7) is 4.17. The van der Waals surface area contributed by atoms with Crippen LogP contribution >= 0.6 is 0 Å². The van der Waals surface area contributed by atoms with Gasteiger partial charge in [-0.1, -0.05) is 12.1 Å². The second-order valence-electron chi connectivity index (χ2n) is 6.87. The Morgan fingerprint density at radius 3 is 2.80 bits per heavy atom. The van der Waals surface area contributed by atoms with E-state index in [2.05, 4.69) is 15.2 Å².